The molecule has 1 saturated carbocycles. The fourth-order valence-electron chi connectivity index (χ4n) is 4.79. The highest BCUT2D eigenvalue weighted by Crippen LogP contribution is 2.57. The third kappa shape index (κ3) is 3.45. The van der Waals surface area contributed by atoms with Crippen molar-refractivity contribution < 1.29 is 19.1 Å². The van der Waals surface area contributed by atoms with E-state index < -0.39 is 12.2 Å². The van der Waals surface area contributed by atoms with E-state index in [2.05, 4.69) is 32.9 Å². The van der Waals surface area contributed by atoms with Gasteiger partial charge in [-0.1, -0.05) is 69.3 Å². The summed E-state index contributed by atoms with van der Waals surface area (Å²) in [5.41, 5.74) is 0.269. The summed E-state index contributed by atoms with van der Waals surface area (Å²) < 4.78 is 12.2. The molecule has 0 radical (unpaired) electrons. The summed E-state index contributed by atoms with van der Waals surface area (Å²) in [5, 5.41) is 0. The van der Waals surface area contributed by atoms with Crippen LogP contribution in [0.3, 0.4) is 0 Å². The lowest BCUT2D eigenvalue weighted by molar-refractivity contribution is -0.155. The van der Waals surface area contributed by atoms with Crippen molar-refractivity contribution in [2.45, 2.75) is 45.8 Å². The van der Waals surface area contributed by atoms with E-state index in [1.54, 1.807) is 24.3 Å². The van der Waals surface area contributed by atoms with Crippen LogP contribution in [0.5, 0.6) is 0 Å². The van der Waals surface area contributed by atoms with Gasteiger partial charge in [0.1, 0.15) is 12.2 Å². The van der Waals surface area contributed by atoms with Gasteiger partial charge in [-0.25, -0.2) is 9.59 Å². The fourth-order valence-corrected chi connectivity index (χ4v) is 4.79. The van der Waals surface area contributed by atoms with Crippen LogP contribution in [0.2, 0.25) is 0 Å². The van der Waals surface area contributed by atoms with E-state index in [0.29, 0.717) is 11.1 Å². The molecule has 2 aromatic carbocycles. The fraction of sp³-hybridized carbons (Fsp3) is 0.385. The SMILES string of the molecule is CC(C)C12C=CC(C)(CC1)C(OC(=O)c1ccccc1)C2OC(=O)c1ccccc1. The van der Waals surface area contributed by atoms with Crippen molar-refractivity contribution in [3.05, 3.63) is 83.9 Å². The monoisotopic (exact) mass is 404 g/mol. The molecule has 0 aromatic heterocycles. The molecule has 3 aliphatic carbocycles. The summed E-state index contributed by atoms with van der Waals surface area (Å²) in [6, 6.07) is 18.0. The van der Waals surface area contributed by atoms with Crippen LogP contribution < -0.4 is 0 Å². The molecule has 4 nitrogen and oxygen atoms in total. The van der Waals surface area contributed by atoms with Gasteiger partial charge in [-0.2, -0.15) is 0 Å². The molecule has 30 heavy (non-hydrogen) atoms. The Bertz CT molecular complexity index is 950. The van der Waals surface area contributed by atoms with Crippen LogP contribution in [0, 0.1) is 16.7 Å². The van der Waals surface area contributed by atoms with Gasteiger partial charge < -0.3 is 9.47 Å². The van der Waals surface area contributed by atoms with E-state index in [4.69, 9.17) is 9.47 Å². The van der Waals surface area contributed by atoms with Gasteiger partial charge in [0.2, 0.25) is 0 Å². The van der Waals surface area contributed by atoms with Gasteiger partial charge >= 0.3 is 11.9 Å². The van der Waals surface area contributed by atoms with Crippen molar-refractivity contribution in [1.82, 2.24) is 0 Å². The van der Waals surface area contributed by atoms with Crippen molar-refractivity contribution in [3.63, 3.8) is 0 Å². The number of benzene rings is 2. The van der Waals surface area contributed by atoms with Crippen LogP contribution >= 0.6 is 0 Å². The van der Waals surface area contributed by atoms with Crippen molar-refractivity contribution in [1.29, 1.82) is 0 Å². The summed E-state index contributed by atoms with van der Waals surface area (Å²) in [5.74, 6) is -0.543. The average Bonchev–Trinajstić information content (AvgIpc) is 2.77. The van der Waals surface area contributed by atoms with Gasteiger partial charge in [0, 0.05) is 10.8 Å². The maximum absolute atomic E-state index is 13.0. The molecule has 1 fully saturated rings. The zero-order valence-corrected chi connectivity index (χ0v) is 17.7. The highest BCUT2D eigenvalue weighted by atomic mass is 16.6. The maximum Gasteiger partial charge on any atom is 0.338 e. The summed E-state index contributed by atoms with van der Waals surface area (Å²) in [7, 11) is 0. The minimum atomic E-state index is -0.543. The number of hydrogen-bond donors (Lipinski definition) is 0. The van der Waals surface area contributed by atoms with Gasteiger partial charge in [0.25, 0.3) is 0 Å². The van der Waals surface area contributed by atoms with E-state index in [1.807, 2.05) is 36.4 Å². The van der Waals surface area contributed by atoms with Crippen LogP contribution in [0.4, 0.5) is 0 Å². The summed E-state index contributed by atoms with van der Waals surface area (Å²) >= 11 is 0. The summed E-state index contributed by atoms with van der Waals surface area (Å²) in [6.45, 7) is 6.36. The lowest BCUT2D eigenvalue weighted by Gasteiger charge is -2.57. The number of esters is 2. The number of carbonyl (C=O) groups excluding carboxylic acids is 2. The third-order valence-corrected chi connectivity index (χ3v) is 6.89. The second-order valence-corrected chi connectivity index (χ2v) is 8.99. The first-order chi connectivity index (χ1) is 14.4. The Morgan fingerprint density at radius 1 is 0.800 bits per heavy atom. The number of rotatable bonds is 5. The molecule has 3 aliphatic rings. The van der Waals surface area contributed by atoms with E-state index >= 15 is 0 Å². The first-order valence-corrected chi connectivity index (χ1v) is 10.6. The molecular formula is C26H28O4. The van der Waals surface area contributed by atoms with Gasteiger partial charge in [0.05, 0.1) is 11.1 Å². The normalized spacial score (nSPS) is 29.6. The average molecular weight is 405 g/mol. The van der Waals surface area contributed by atoms with Crippen molar-refractivity contribution in [2.75, 3.05) is 0 Å². The number of hydrogen-bond acceptors (Lipinski definition) is 4. The molecule has 2 bridgehead atoms. The molecule has 4 unspecified atom stereocenters. The van der Waals surface area contributed by atoms with Gasteiger partial charge in [-0.05, 0) is 43.0 Å². The van der Waals surface area contributed by atoms with Crippen LogP contribution in [-0.4, -0.2) is 24.1 Å². The van der Waals surface area contributed by atoms with Crippen molar-refractivity contribution in [3.8, 4) is 0 Å². The molecule has 0 spiro atoms. The topological polar surface area (TPSA) is 52.6 Å². The van der Waals surface area contributed by atoms with Gasteiger partial charge in [-0.15, -0.1) is 0 Å². The largest absolute Gasteiger partial charge is 0.454 e. The second-order valence-electron chi connectivity index (χ2n) is 8.99. The van der Waals surface area contributed by atoms with E-state index in [-0.39, 0.29) is 28.7 Å². The Kier molecular flexibility index (Phi) is 5.27. The number of ether oxygens (including phenoxy) is 2. The van der Waals surface area contributed by atoms with Gasteiger partial charge in [0.15, 0.2) is 0 Å². The molecule has 4 atom stereocenters. The minimum Gasteiger partial charge on any atom is -0.454 e. The first kappa shape index (κ1) is 20.4. The lowest BCUT2D eigenvalue weighted by Crippen LogP contribution is -2.61. The molecular weight excluding hydrogens is 376 g/mol. The van der Waals surface area contributed by atoms with Crippen LogP contribution in [0.15, 0.2) is 72.8 Å². The number of carbonyl (C=O) groups is 2. The lowest BCUT2D eigenvalue weighted by atomic mass is 9.52. The number of fused-ring (bicyclic) bond motifs is 2. The highest BCUT2D eigenvalue weighted by Gasteiger charge is 2.60. The van der Waals surface area contributed by atoms with E-state index in [9.17, 15) is 9.59 Å². The van der Waals surface area contributed by atoms with Gasteiger partial charge in [-0.3, -0.25) is 0 Å². The Hall–Kier alpha value is -2.88. The highest BCUT2D eigenvalue weighted by molar-refractivity contribution is 5.90. The smallest absolute Gasteiger partial charge is 0.338 e. The zero-order chi connectivity index (χ0) is 21.4. The Balaban J connectivity index is 1.69. The molecule has 0 aliphatic heterocycles. The van der Waals surface area contributed by atoms with Crippen molar-refractivity contribution >= 4 is 11.9 Å². The molecule has 5 rings (SSSR count). The minimum absolute atomic E-state index is 0.227. The summed E-state index contributed by atoms with van der Waals surface area (Å²) in [4.78, 5) is 25.9. The quantitative estimate of drug-likeness (QED) is 0.491. The van der Waals surface area contributed by atoms with Crippen LogP contribution in [-0.2, 0) is 9.47 Å². The standard InChI is InChI=1S/C26H28O4/c1-18(2)26-16-14-25(3,15-17-26)21(29-23(27)19-10-6-4-7-11-19)22(26)30-24(28)20-12-8-5-9-13-20/h4-14,16,18,21-22H,15,17H2,1-3H3. The Morgan fingerprint density at radius 3 is 1.73 bits per heavy atom. The second kappa shape index (κ2) is 7.75. The van der Waals surface area contributed by atoms with E-state index in [0.717, 1.165) is 12.8 Å². The Morgan fingerprint density at radius 2 is 1.30 bits per heavy atom. The molecule has 0 amide bonds. The summed E-state index contributed by atoms with van der Waals surface area (Å²) in [6.07, 6.45) is 5.04. The molecule has 0 heterocycles. The predicted octanol–water partition coefficient (Wildman–Crippen LogP) is 5.45. The van der Waals surface area contributed by atoms with Crippen LogP contribution in [0.25, 0.3) is 0 Å². The molecule has 0 saturated heterocycles. The zero-order valence-electron chi connectivity index (χ0n) is 17.7. The van der Waals surface area contributed by atoms with E-state index in [1.165, 1.54) is 0 Å². The maximum atomic E-state index is 13.0. The van der Waals surface area contributed by atoms with Crippen molar-refractivity contribution in [2.24, 2.45) is 16.7 Å². The Labute approximate surface area is 177 Å². The molecule has 156 valence electrons. The predicted molar refractivity (Wildman–Crippen MR) is 115 cm³/mol. The third-order valence-electron chi connectivity index (χ3n) is 6.89. The molecule has 4 heteroatoms. The molecule has 0 N–H and O–H groups in total. The first-order valence-electron chi connectivity index (χ1n) is 10.6. The molecule has 2 aromatic rings. The van der Waals surface area contributed by atoms with Crippen LogP contribution in [0.1, 0.15) is 54.3 Å².